The van der Waals surface area contributed by atoms with Crippen LogP contribution in [-0.4, -0.2) is 40.4 Å². The maximum absolute atomic E-state index is 6.05. The van der Waals surface area contributed by atoms with E-state index in [9.17, 15) is 0 Å². The quantitative estimate of drug-likeness (QED) is 0.383. The standard InChI is InChI=1S/C26H29N5O2/c1-19-24(25(29-33-19)20-11-5-3-6-12-20)26-28-27-23(32-26)18-30(2)17-21-13-7-8-14-22(21)31-15-9-4-10-16-31/h3,5-8,11-14H,4,9-10,15-18H2,1-2H3. The van der Waals surface area contributed by atoms with E-state index in [1.54, 1.807) is 0 Å². The van der Waals surface area contributed by atoms with Crippen molar-refractivity contribution in [1.82, 2.24) is 20.3 Å². The Bertz CT molecular complexity index is 1190. The highest BCUT2D eigenvalue weighted by molar-refractivity contribution is 5.77. The summed E-state index contributed by atoms with van der Waals surface area (Å²) in [5.41, 5.74) is 5.08. The van der Waals surface area contributed by atoms with E-state index in [1.807, 2.05) is 37.3 Å². The van der Waals surface area contributed by atoms with Gasteiger partial charge in [-0.3, -0.25) is 4.90 Å². The van der Waals surface area contributed by atoms with Crippen molar-refractivity contribution in [2.75, 3.05) is 25.0 Å². The number of hydrogen-bond acceptors (Lipinski definition) is 7. The fourth-order valence-electron chi connectivity index (χ4n) is 4.50. The molecule has 0 amide bonds. The smallest absolute Gasteiger partial charge is 0.253 e. The Kier molecular flexibility index (Phi) is 6.21. The summed E-state index contributed by atoms with van der Waals surface area (Å²) >= 11 is 0. The Morgan fingerprint density at radius 3 is 2.48 bits per heavy atom. The largest absolute Gasteiger partial charge is 0.419 e. The van der Waals surface area contributed by atoms with Crippen LogP contribution in [0.1, 0.15) is 36.5 Å². The van der Waals surface area contributed by atoms with Gasteiger partial charge in [0.05, 0.1) is 6.54 Å². The maximum atomic E-state index is 6.05. The molecule has 3 heterocycles. The van der Waals surface area contributed by atoms with Gasteiger partial charge in [-0.25, -0.2) is 0 Å². The van der Waals surface area contributed by atoms with Gasteiger partial charge in [-0.1, -0.05) is 53.7 Å². The van der Waals surface area contributed by atoms with Crippen molar-refractivity contribution < 1.29 is 8.94 Å². The van der Waals surface area contributed by atoms with Gasteiger partial charge in [-0.05, 0) is 44.9 Å². The molecule has 0 N–H and O–H groups in total. The molecule has 33 heavy (non-hydrogen) atoms. The van der Waals surface area contributed by atoms with Crippen molar-refractivity contribution in [3.63, 3.8) is 0 Å². The Morgan fingerprint density at radius 1 is 0.909 bits per heavy atom. The molecule has 1 fully saturated rings. The first kappa shape index (κ1) is 21.4. The topological polar surface area (TPSA) is 71.4 Å². The van der Waals surface area contributed by atoms with E-state index >= 15 is 0 Å². The van der Waals surface area contributed by atoms with Gasteiger partial charge in [0.2, 0.25) is 5.89 Å². The van der Waals surface area contributed by atoms with E-state index in [-0.39, 0.29) is 0 Å². The molecule has 2 aromatic carbocycles. The van der Waals surface area contributed by atoms with E-state index in [4.69, 9.17) is 8.94 Å². The molecule has 1 saturated heterocycles. The molecule has 1 aliphatic heterocycles. The minimum absolute atomic E-state index is 0.435. The van der Waals surface area contributed by atoms with Gasteiger partial charge in [0.15, 0.2) is 0 Å². The molecule has 170 valence electrons. The van der Waals surface area contributed by atoms with Crippen LogP contribution in [0.25, 0.3) is 22.7 Å². The third-order valence-corrected chi connectivity index (χ3v) is 6.12. The van der Waals surface area contributed by atoms with E-state index in [0.29, 0.717) is 29.8 Å². The lowest BCUT2D eigenvalue weighted by molar-refractivity contribution is 0.282. The second kappa shape index (κ2) is 9.58. The van der Waals surface area contributed by atoms with Crippen molar-refractivity contribution in [2.24, 2.45) is 0 Å². The lowest BCUT2D eigenvalue weighted by atomic mass is 10.1. The number of aromatic nitrogens is 3. The maximum Gasteiger partial charge on any atom is 0.253 e. The highest BCUT2D eigenvalue weighted by Crippen LogP contribution is 2.33. The molecule has 0 aliphatic carbocycles. The molecule has 0 unspecified atom stereocenters. The van der Waals surface area contributed by atoms with Gasteiger partial charge in [0, 0.05) is 30.9 Å². The van der Waals surface area contributed by atoms with Gasteiger partial charge in [0.25, 0.3) is 5.89 Å². The Balaban J connectivity index is 1.31. The van der Waals surface area contributed by atoms with Gasteiger partial charge >= 0.3 is 0 Å². The van der Waals surface area contributed by atoms with Crippen LogP contribution in [0.15, 0.2) is 63.5 Å². The number of nitrogens with zero attached hydrogens (tertiary/aromatic N) is 5. The van der Waals surface area contributed by atoms with Gasteiger partial charge in [-0.2, -0.15) is 0 Å². The number of anilines is 1. The normalized spacial score (nSPS) is 14.2. The fraction of sp³-hybridized carbons (Fsp3) is 0.346. The second-order valence-electron chi connectivity index (χ2n) is 8.68. The number of rotatable bonds is 7. The van der Waals surface area contributed by atoms with Crippen molar-refractivity contribution in [3.05, 3.63) is 71.8 Å². The summed E-state index contributed by atoms with van der Waals surface area (Å²) in [7, 11) is 2.08. The lowest BCUT2D eigenvalue weighted by Gasteiger charge is -2.31. The van der Waals surface area contributed by atoms with Crippen LogP contribution in [0.5, 0.6) is 0 Å². The first-order chi connectivity index (χ1) is 16.2. The van der Waals surface area contributed by atoms with Crippen molar-refractivity contribution in [3.8, 4) is 22.7 Å². The van der Waals surface area contributed by atoms with E-state index in [0.717, 1.165) is 30.8 Å². The molecule has 7 heteroatoms. The van der Waals surface area contributed by atoms with Crippen LogP contribution in [0.4, 0.5) is 5.69 Å². The first-order valence-electron chi connectivity index (χ1n) is 11.5. The molecular weight excluding hydrogens is 414 g/mol. The van der Waals surface area contributed by atoms with Crippen molar-refractivity contribution in [1.29, 1.82) is 0 Å². The summed E-state index contributed by atoms with van der Waals surface area (Å²) in [6, 6.07) is 18.6. The van der Waals surface area contributed by atoms with E-state index in [2.05, 4.69) is 56.5 Å². The summed E-state index contributed by atoms with van der Waals surface area (Å²) in [4.78, 5) is 4.72. The molecule has 0 saturated carbocycles. The first-order valence-corrected chi connectivity index (χ1v) is 11.5. The van der Waals surface area contributed by atoms with E-state index in [1.165, 1.54) is 30.5 Å². The molecular formula is C26H29N5O2. The Labute approximate surface area is 194 Å². The SMILES string of the molecule is Cc1onc(-c2ccccc2)c1-c1nnc(CN(C)Cc2ccccc2N2CCCCC2)o1. The monoisotopic (exact) mass is 443 g/mol. The molecule has 7 nitrogen and oxygen atoms in total. The predicted molar refractivity (Wildman–Crippen MR) is 128 cm³/mol. The number of aryl methyl sites for hydroxylation is 1. The fourth-order valence-corrected chi connectivity index (χ4v) is 4.50. The summed E-state index contributed by atoms with van der Waals surface area (Å²) < 4.78 is 11.5. The number of para-hydroxylation sites is 1. The molecule has 0 radical (unpaired) electrons. The van der Waals surface area contributed by atoms with Crippen LogP contribution < -0.4 is 4.90 Å². The predicted octanol–water partition coefficient (Wildman–Crippen LogP) is 5.32. The van der Waals surface area contributed by atoms with E-state index < -0.39 is 0 Å². The summed E-state index contributed by atoms with van der Waals surface area (Å²) in [6.45, 7) is 5.51. The van der Waals surface area contributed by atoms with Crippen molar-refractivity contribution >= 4 is 5.69 Å². The minimum atomic E-state index is 0.435. The second-order valence-corrected chi connectivity index (χ2v) is 8.68. The van der Waals surface area contributed by atoms with Crippen LogP contribution >= 0.6 is 0 Å². The van der Waals surface area contributed by atoms with Gasteiger partial charge in [-0.15, -0.1) is 10.2 Å². The minimum Gasteiger partial charge on any atom is -0.419 e. The summed E-state index contributed by atoms with van der Waals surface area (Å²) in [6.07, 6.45) is 3.86. The molecule has 2 aromatic heterocycles. The number of hydrogen-bond donors (Lipinski definition) is 0. The molecule has 4 aromatic rings. The number of benzene rings is 2. The molecule has 0 spiro atoms. The average molecular weight is 444 g/mol. The van der Waals surface area contributed by atoms with Crippen LogP contribution in [-0.2, 0) is 13.1 Å². The molecule has 5 rings (SSSR count). The third-order valence-electron chi connectivity index (χ3n) is 6.12. The Morgan fingerprint density at radius 2 is 1.67 bits per heavy atom. The average Bonchev–Trinajstić information content (AvgIpc) is 3.46. The molecule has 1 aliphatic rings. The zero-order valence-corrected chi connectivity index (χ0v) is 19.2. The summed E-state index contributed by atoms with van der Waals surface area (Å²) in [5, 5.41) is 12.8. The zero-order chi connectivity index (χ0) is 22.6. The summed E-state index contributed by atoms with van der Waals surface area (Å²) in [5.74, 6) is 1.67. The van der Waals surface area contributed by atoms with Crippen LogP contribution in [0, 0.1) is 6.92 Å². The van der Waals surface area contributed by atoms with Gasteiger partial charge < -0.3 is 13.8 Å². The Hall–Kier alpha value is -3.45. The van der Waals surface area contributed by atoms with Crippen LogP contribution in [0.3, 0.4) is 0 Å². The number of piperidine rings is 1. The van der Waals surface area contributed by atoms with Crippen molar-refractivity contribution in [2.45, 2.75) is 39.3 Å². The van der Waals surface area contributed by atoms with Crippen LogP contribution in [0.2, 0.25) is 0 Å². The third kappa shape index (κ3) is 4.68. The highest BCUT2D eigenvalue weighted by atomic mass is 16.5. The molecule has 0 atom stereocenters. The highest BCUT2D eigenvalue weighted by Gasteiger charge is 2.22. The van der Waals surface area contributed by atoms with Gasteiger partial charge in [0.1, 0.15) is 17.0 Å². The molecule has 0 bridgehead atoms. The zero-order valence-electron chi connectivity index (χ0n) is 19.2. The lowest BCUT2D eigenvalue weighted by Crippen LogP contribution is -2.31.